The fourth-order valence-electron chi connectivity index (χ4n) is 2.70. The molecule has 3 rings (SSSR count). The minimum absolute atomic E-state index is 0.0157. The van der Waals surface area contributed by atoms with Gasteiger partial charge in [-0.25, -0.2) is 4.79 Å². The Morgan fingerprint density at radius 1 is 1.05 bits per heavy atom. The van der Waals surface area contributed by atoms with Gasteiger partial charge < -0.3 is 15.7 Å². The van der Waals surface area contributed by atoms with Crippen LogP contribution in [0.4, 0.5) is 4.79 Å². The van der Waals surface area contributed by atoms with E-state index in [4.69, 9.17) is 0 Å². The summed E-state index contributed by atoms with van der Waals surface area (Å²) < 4.78 is 0. The van der Waals surface area contributed by atoms with Crippen LogP contribution in [0.1, 0.15) is 29.0 Å². The zero-order valence-electron chi connectivity index (χ0n) is 12.3. The van der Waals surface area contributed by atoms with Crippen molar-refractivity contribution in [2.24, 2.45) is 0 Å². The van der Waals surface area contributed by atoms with Gasteiger partial charge in [0.25, 0.3) is 0 Å². The molecule has 2 aromatic carbocycles. The van der Waals surface area contributed by atoms with Crippen LogP contribution in [0, 0.1) is 0 Å². The number of benzene rings is 2. The maximum absolute atomic E-state index is 12.0. The number of hydrogen-bond donors (Lipinski definition) is 3. The molecule has 2 unspecified atom stereocenters. The Bertz CT molecular complexity index is 643. The third-order valence-corrected chi connectivity index (χ3v) is 4.06. The average molecular weight is 296 g/mol. The topological polar surface area (TPSA) is 61.4 Å². The Morgan fingerprint density at radius 2 is 1.73 bits per heavy atom. The van der Waals surface area contributed by atoms with Gasteiger partial charge in [-0.05, 0) is 23.1 Å². The predicted molar refractivity (Wildman–Crippen MR) is 85.3 cm³/mol. The van der Waals surface area contributed by atoms with E-state index in [1.165, 1.54) is 5.56 Å². The van der Waals surface area contributed by atoms with Gasteiger partial charge in [-0.1, -0.05) is 54.6 Å². The number of carbonyl (C=O) groups is 1. The van der Waals surface area contributed by atoms with Gasteiger partial charge in [0.15, 0.2) is 0 Å². The summed E-state index contributed by atoms with van der Waals surface area (Å²) in [5, 5.41) is 15.1. The zero-order chi connectivity index (χ0) is 15.4. The normalized spacial score (nSPS) is 19.5. The van der Waals surface area contributed by atoms with Gasteiger partial charge in [0.2, 0.25) is 0 Å². The van der Waals surface area contributed by atoms with E-state index in [0.29, 0.717) is 12.5 Å². The summed E-state index contributed by atoms with van der Waals surface area (Å²) in [6.45, 7) is 0.406. The minimum Gasteiger partial charge on any atom is -0.392 e. The van der Waals surface area contributed by atoms with Gasteiger partial charge in [-0.3, -0.25) is 0 Å². The molecule has 22 heavy (non-hydrogen) atoms. The van der Waals surface area contributed by atoms with Crippen LogP contribution in [0.2, 0.25) is 0 Å². The Kier molecular flexibility index (Phi) is 4.39. The highest BCUT2D eigenvalue weighted by Gasteiger charge is 2.39. The summed E-state index contributed by atoms with van der Waals surface area (Å²) in [5.41, 5.74) is 3.06. The molecule has 1 aliphatic carbocycles. The van der Waals surface area contributed by atoms with Crippen molar-refractivity contribution in [3.63, 3.8) is 0 Å². The van der Waals surface area contributed by atoms with Crippen LogP contribution in [-0.2, 0) is 13.2 Å². The molecule has 0 aromatic heterocycles. The van der Waals surface area contributed by atoms with Crippen LogP contribution < -0.4 is 10.6 Å². The average Bonchev–Trinajstić information content (AvgIpc) is 3.33. The van der Waals surface area contributed by atoms with Crippen molar-refractivity contribution in [2.75, 3.05) is 0 Å². The number of hydrogen-bond acceptors (Lipinski definition) is 2. The van der Waals surface area contributed by atoms with E-state index in [1.54, 1.807) is 0 Å². The lowest BCUT2D eigenvalue weighted by molar-refractivity contribution is 0.239. The van der Waals surface area contributed by atoms with Crippen molar-refractivity contribution in [3.8, 4) is 0 Å². The summed E-state index contributed by atoms with van der Waals surface area (Å²) >= 11 is 0. The van der Waals surface area contributed by atoms with Crippen LogP contribution in [0.3, 0.4) is 0 Å². The third-order valence-electron chi connectivity index (χ3n) is 4.06. The molecule has 0 heterocycles. The number of amides is 2. The van der Waals surface area contributed by atoms with Crippen LogP contribution in [0.15, 0.2) is 54.6 Å². The van der Waals surface area contributed by atoms with Gasteiger partial charge in [0.05, 0.1) is 6.61 Å². The first-order chi connectivity index (χ1) is 10.8. The molecular weight excluding hydrogens is 276 g/mol. The Balaban J connectivity index is 1.48. The zero-order valence-corrected chi connectivity index (χ0v) is 12.3. The number of nitrogens with one attached hydrogen (secondary N) is 2. The lowest BCUT2D eigenvalue weighted by Gasteiger charge is -2.10. The summed E-state index contributed by atoms with van der Waals surface area (Å²) in [4.78, 5) is 12.0. The van der Waals surface area contributed by atoms with Crippen LogP contribution in [-0.4, -0.2) is 17.2 Å². The minimum atomic E-state index is -0.156. The number of aliphatic hydroxyl groups excluding tert-OH is 1. The van der Waals surface area contributed by atoms with Gasteiger partial charge in [-0.15, -0.1) is 0 Å². The van der Waals surface area contributed by atoms with E-state index in [1.807, 2.05) is 42.5 Å². The molecule has 114 valence electrons. The summed E-state index contributed by atoms with van der Waals surface area (Å²) in [6.07, 6.45) is 0.991. The smallest absolute Gasteiger partial charge is 0.315 e. The monoisotopic (exact) mass is 296 g/mol. The molecule has 1 aliphatic rings. The van der Waals surface area contributed by atoms with E-state index in [2.05, 4.69) is 22.8 Å². The van der Waals surface area contributed by atoms with E-state index < -0.39 is 0 Å². The highest BCUT2D eigenvalue weighted by atomic mass is 16.3. The number of aliphatic hydroxyl groups is 1. The summed E-state index contributed by atoms with van der Waals surface area (Å²) in [6, 6.07) is 17.9. The van der Waals surface area contributed by atoms with Crippen molar-refractivity contribution in [2.45, 2.75) is 31.5 Å². The first-order valence-electron chi connectivity index (χ1n) is 7.55. The molecule has 0 aliphatic heterocycles. The number of carbonyl (C=O) groups excluding carboxylic acids is 1. The van der Waals surface area contributed by atoms with Crippen molar-refractivity contribution >= 4 is 6.03 Å². The second-order valence-electron chi connectivity index (χ2n) is 5.61. The molecule has 4 nitrogen and oxygen atoms in total. The van der Waals surface area contributed by atoms with Crippen LogP contribution in [0.25, 0.3) is 0 Å². The molecule has 2 amide bonds. The first-order valence-corrected chi connectivity index (χ1v) is 7.55. The third kappa shape index (κ3) is 3.46. The van der Waals surface area contributed by atoms with E-state index in [0.717, 1.165) is 17.5 Å². The molecule has 0 saturated heterocycles. The Morgan fingerprint density at radius 3 is 2.45 bits per heavy atom. The van der Waals surface area contributed by atoms with Gasteiger partial charge in [0.1, 0.15) is 0 Å². The summed E-state index contributed by atoms with van der Waals surface area (Å²) in [5.74, 6) is 0.427. The quantitative estimate of drug-likeness (QED) is 0.794. The van der Waals surface area contributed by atoms with Gasteiger partial charge in [-0.2, -0.15) is 0 Å². The van der Waals surface area contributed by atoms with E-state index in [-0.39, 0.29) is 18.7 Å². The van der Waals surface area contributed by atoms with Crippen molar-refractivity contribution in [1.29, 1.82) is 0 Å². The number of rotatable bonds is 5. The molecule has 1 fully saturated rings. The maximum Gasteiger partial charge on any atom is 0.315 e. The molecule has 2 atom stereocenters. The predicted octanol–water partition coefficient (Wildman–Crippen LogP) is 2.53. The SMILES string of the molecule is O=C(NCc1ccccc1CO)NC1CC1c1ccccc1. The fourth-order valence-corrected chi connectivity index (χ4v) is 2.70. The van der Waals surface area contributed by atoms with E-state index >= 15 is 0 Å². The highest BCUT2D eigenvalue weighted by Crippen LogP contribution is 2.40. The molecule has 2 aromatic rings. The molecule has 1 saturated carbocycles. The van der Waals surface area contributed by atoms with Crippen molar-refractivity contribution in [1.82, 2.24) is 10.6 Å². The number of urea groups is 1. The van der Waals surface area contributed by atoms with Crippen molar-refractivity contribution < 1.29 is 9.90 Å². The lowest BCUT2D eigenvalue weighted by atomic mass is 10.1. The molecule has 0 bridgehead atoms. The molecule has 4 heteroatoms. The van der Waals surface area contributed by atoms with Crippen LogP contribution in [0.5, 0.6) is 0 Å². The highest BCUT2D eigenvalue weighted by molar-refractivity contribution is 5.75. The molecule has 0 spiro atoms. The molecule has 3 N–H and O–H groups in total. The van der Waals surface area contributed by atoms with E-state index in [9.17, 15) is 9.90 Å². The first kappa shape index (κ1) is 14.6. The second-order valence-corrected chi connectivity index (χ2v) is 5.61. The Labute approximate surface area is 130 Å². The second kappa shape index (κ2) is 6.62. The van der Waals surface area contributed by atoms with Gasteiger partial charge in [0, 0.05) is 18.5 Å². The van der Waals surface area contributed by atoms with Gasteiger partial charge >= 0.3 is 6.03 Å². The molecule has 0 radical (unpaired) electrons. The largest absolute Gasteiger partial charge is 0.392 e. The van der Waals surface area contributed by atoms with Crippen LogP contribution >= 0.6 is 0 Å². The lowest BCUT2D eigenvalue weighted by Crippen LogP contribution is -2.37. The maximum atomic E-state index is 12.0. The summed E-state index contributed by atoms with van der Waals surface area (Å²) in [7, 11) is 0. The molecular formula is C18H20N2O2. The standard InChI is InChI=1S/C18H20N2O2/c21-12-15-9-5-4-8-14(15)11-19-18(22)20-17-10-16(17)13-6-2-1-3-7-13/h1-9,16-17,21H,10-12H2,(H2,19,20,22). The van der Waals surface area contributed by atoms with Crippen molar-refractivity contribution in [3.05, 3.63) is 71.3 Å². The Hall–Kier alpha value is -2.33. The fraction of sp³-hybridized carbons (Fsp3) is 0.278.